The van der Waals surface area contributed by atoms with Crippen molar-refractivity contribution in [2.75, 3.05) is 18.1 Å². The van der Waals surface area contributed by atoms with E-state index in [9.17, 15) is 0 Å². The second-order valence-electron chi connectivity index (χ2n) is 5.74. The number of rotatable bonds is 2. The number of aromatic nitrogens is 2. The first-order chi connectivity index (χ1) is 9.06. The van der Waals surface area contributed by atoms with Crippen LogP contribution in [0.4, 0.5) is 5.82 Å². The van der Waals surface area contributed by atoms with E-state index in [1.54, 1.807) is 0 Å². The van der Waals surface area contributed by atoms with E-state index in [-0.39, 0.29) is 6.10 Å². The summed E-state index contributed by atoms with van der Waals surface area (Å²) in [5.41, 5.74) is 0.979. The lowest BCUT2D eigenvalue weighted by Gasteiger charge is -2.38. The molecule has 5 heteroatoms. The van der Waals surface area contributed by atoms with Gasteiger partial charge in [-0.2, -0.15) is 0 Å². The Kier molecular flexibility index (Phi) is 3.39. The van der Waals surface area contributed by atoms with Gasteiger partial charge in [-0.25, -0.2) is 9.97 Å². The van der Waals surface area contributed by atoms with Gasteiger partial charge in [0.2, 0.25) is 0 Å². The smallest absolute Gasteiger partial charge is 0.137 e. The highest BCUT2D eigenvalue weighted by atomic mass is 35.5. The minimum absolute atomic E-state index is 0.230. The highest BCUT2D eigenvalue weighted by Gasteiger charge is 2.31. The van der Waals surface area contributed by atoms with Gasteiger partial charge in [-0.1, -0.05) is 11.6 Å². The molecule has 1 saturated carbocycles. The Labute approximate surface area is 119 Å². The van der Waals surface area contributed by atoms with Crippen LogP contribution >= 0.6 is 11.6 Å². The number of hydrogen-bond donors (Lipinski definition) is 0. The van der Waals surface area contributed by atoms with Gasteiger partial charge in [-0.3, -0.25) is 0 Å². The molecule has 2 fully saturated rings. The Morgan fingerprint density at radius 3 is 2.68 bits per heavy atom. The highest BCUT2D eigenvalue weighted by Crippen LogP contribution is 2.40. The monoisotopic (exact) mass is 281 g/mol. The molecule has 104 valence electrons. The maximum atomic E-state index is 6.29. The molecule has 0 spiro atoms. The highest BCUT2D eigenvalue weighted by molar-refractivity contribution is 6.30. The summed E-state index contributed by atoms with van der Waals surface area (Å²) in [6, 6.07) is 0.327. The molecule has 2 unspecified atom stereocenters. The quantitative estimate of drug-likeness (QED) is 0.781. The standard InChI is InChI=1S/C14H20ClN3O/c1-8-7-19-9(2)6-18(8)14-10(3)12(15)16-13(17-14)11-4-5-11/h8-9,11H,4-7H2,1-3H3. The summed E-state index contributed by atoms with van der Waals surface area (Å²) in [7, 11) is 0. The first-order valence-electron chi connectivity index (χ1n) is 6.98. The summed E-state index contributed by atoms with van der Waals surface area (Å²) in [4.78, 5) is 11.5. The summed E-state index contributed by atoms with van der Waals surface area (Å²) in [5, 5.41) is 0.596. The lowest BCUT2D eigenvalue weighted by molar-refractivity contribution is 0.0340. The van der Waals surface area contributed by atoms with Gasteiger partial charge in [-0.05, 0) is 33.6 Å². The molecule has 0 aromatic carbocycles. The Balaban J connectivity index is 1.97. The van der Waals surface area contributed by atoms with Crippen LogP contribution < -0.4 is 4.90 Å². The topological polar surface area (TPSA) is 38.2 Å². The molecule has 0 N–H and O–H groups in total. The fraction of sp³-hybridized carbons (Fsp3) is 0.714. The number of hydrogen-bond acceptors (Lipinski definition) is 4. The van der Waals surface area contributed by atoms with E-state index >= 15 is 0 Å². The molecule has 2 heterocycles. The third-order valence-electron chi connectivity index (χ3n) is 3.90. The van der Waals surface area contributed by atoms with Gasteiger partial charge in [0.05, 0.1) is 18.8 Å². The largest absolute Gasteiger partial charge is 0.375 e. The maximum Gasteiger partial charge on any atom is 0.137 e. The van der Waals surface area contributed by atoms with E-state index in [0.29, 0.717) is 17.1 Å². The van der Waals surface area contributed by atoms with Gasteiger partial charge >= 0.3 is 0 Å². The van der Waals surface area contributed by atoms with Crippen LogP contribution in [0, 0.1) is 6.92 Å². The first kappa shape index (κ1) is 13.1. The van der Waals surface area contributed by atoms with Crippen molar-refractivity contribution >= 4 is 17.4 Å². The van der Waals surface area contributed by atoms with E-state index in [2.05, 4.69) is 23.7 Å². The first-order valence-corrected chi connectivity index (χ1v) is 7.36. The third-order valence-corrected chi connectivity index (χ3v) is 4.27. The zero-order valence-electron chi connectivity index (χ0n) is 11.7. The van der Waals surface area contributed by atoms with Crippen LogP contribution in [0.3, 0.4) is 0 Å². The maximum absolute atomic E-state index is 6.29. The molecule has 2 aliphatic rings. The summed E-state index contributed by atoms with van der Waals surface area (Å²) >= 11 is 6.29. The Bertz CT molecular complexity index is 490. The number of halogens is 1. The second-order valence-corrected chi connectivity index (χ2v) is 6.10. The van der Waals surface area contributed by atoms with E-state index < -0.39 is 0 Å². The van der Waals surface area contributed by atoms with Gasteiger partial charge in [0.15, 0.2) is 0 Å². The summed E-state index contributed by atoms with van der Waals surface area (Å²) in [6.07, 6.45) is 2.61. The molecule has 4 nitrogen and oxygen atoms in total. The van der Waals surface area contributed by atoms with Crippen LogP contribution in [0.2, 0.25) is 5.15 Å². The molecular formula is C14H20ClN3O. The number of nitrogens with zero attached hydrogens (tertiary/aromatic N) is 3. The average Bonchev–Trinajstić information content (AvgIpc) is 3.20. The molecule has 1 aromatic rings. The van der Waals surface area contributed by atoms with Gasteiger partial charge in [0.1, 0.15) is 16.8 Å². The van der Waals surface area contributed by atoms with Crippen molar-refractivity contribution in [1.29, 1.82) is 0 Å². The van der Waals surface area contributed by atoms with Crippen molar-refractivity contribution in [1.82, 2.24) is 9.97 Å². The van der Waals surface area contributed by atoms with Crippen LogP contribution in [0.1, 0.15) is 44.0 Å². The van der Waals surface area contributed by atoms with Crippen molar-refractivity contribution in [3.05, 3.63) is 16.5 Å². The van der Waals surface area contributed by atoms with Crippen LogP contribution in [0.5, 0.6) is 0 Å². The molecule has 1 saturated heterocycles. The Morgan fingerprint density at radius 1 is 1.26 bits per heavy atom. The molecule has 1 aliphatic carbocycles. The lowest BCUT2D eigenvalue weighted by Crippen LogP contribution is -2.48. The molecule has 0 radical (unpaired) electrons. The van der Waals surface area contributed by atoms with Crippen molar-refractivity contribution in [3.63, 3.8) is 0 Å². The second kappa shape index (κ2) is 4.91. The van der Waals surface area contributed by atoms with E-state index in [1.807, 2.05) is 6.92 Å². The minimum atomic E-state index is 0.230. The molecular weight excluding hydrogens is 262 g/mol. The van der Waals surface area contributed by atoms with Crippen LogP contribution in [-0.2, 0) is 4.74 Å². The third kappa shape index (κ3) is 2.56. The molecule has 1 aliphatic heterocycles. The summed E-state index contributed by atoms with van der Waals surface area (Å²) in [6.45, 7) is 7.86. The molecule has 3 rings (SSSR count). The van der Waals surface area contributed by atoms with Gasteiger partial charge in [0.25, 0.3) is 0 Å². The zero-order valence-corrected chi connectivity index (χ0v) is 12.4. The molecule has 0 bridgehead atoms. The molecule has 0 amide bonds. The number of morpholine rings is 1. The van der Waals surface area contributed by atoms with Crippen LogP contribution in [0.15, 0.2) is 0 Å². The van der Waals surface area contributed by atoms with Gasteiger partial charge in [-0.15, -0.1) is 0 Å². The summed E-state index contributed by atoms with van der Waals surface area (Å²) in [5.74, 6) is 2.42. The van der Waals surface area contributed by atoms with E-state index in [1.165, 1.54) is 12.8 Å². The molecule has 1 aromatic heterocycles. The van der Waals surface area contributed by atoms with E-state index in [0.717, 1.165) is 30.4 Å². The summed E-state index contributed by atoms with van der Waals surface area (Å²) < 4.78 is 5.68. The fourth-order valence-electron chi connectivity index (χ4n) is 2.50. The number of anilines is 1. The predicted molar refractivity (Wildman–Crippen MR) is 76.0 cm³/mol. The predicted octanol–water partition coefficient (Wildman–Crippen LogP) is 2.93. The van der Waals surface area contributed by atoms with Gasteiger partial charge < -0.3 is 9.64 Å². The van der Waals surface area contributed by atoms with E-state index in [4.69, 9.17) is 21.3 Å². The SMILES string of the molecule is Cc1c(Cl)nc(C2CC2)nc1N1CC(C)OCC1C. The fourth-order valence-corrected chi connectivity index (χ4v) is 2.67. The van der Waals surface area contributed by atoms with Crippen molar-refractivity contribution < 1.29 is 4.74 Å². The zero-order chi connectivity index (χ0) is 13.6. The van der Waals surface area contributed by atoms with Crippen molar-refractivity contribution in [2.45, 2.75) is 51.7 Å². The lowest BCUT2D eigenvalue weighted by atomic mass is 10.2. The minimum Gasteiger partial charge on any atom is -0.375 e. The van der Waals surface area contributed by atoms with Gasteiger partial charge in [0, 0.05) is 18.0 Å². The molecule has 2 atom stereocenters. The molecule has 19 heavy (non-hydrogen) atoms. The van der Waals surface area contributed by atoms with Crippen LogP contribution in [0.25, 0.3) is 0 Å². The normalized spacial score (nSPS) is 27.7. The van der Waals surface area contributed by atoms with Crippen molar-refractivity contribution in [2.24, 2.45) is 0 Å². The van der Waals surface area contributed by atoms with Crippen molar-refractivity contribution in [3.8, 4) is 0 Å². The number of ether oxygens (including phenoxy) is 1. The Hall–Kier alpha value is -0.870. The van der Waals surface area contributed by atoms with Crippen LogP contribution in [-0.4, -0.2) is 35.3 Å². The average molecular weight is 282 g/mol. The Morgan fingerprint density at radius 2 is 2.00 bits per heavy atom.